The Labute approximate surface area is 162 Å². The van der Waals surface area contributed by atoms with E-state index in [4.69, 9.17) is 4.98 Å². The number of hydrogen-bond donors (Lipinski definition) is 0. The minimum absolute atomic E-state index is 0.00414. The van der Waals surface area contributed by atoms with Crippen molar-refractivity contribution in [2.75, 3.05) is 0 Å². The molecule has 7 nitrogen and oxygen atoms in total. The molecular formula is C21H23N5O2. The van der Waals surface area contributed by atoms with Crippen LogP contribution in [0.1, 0.15) is 41.6 Å². The van der Waals surface area contributed by atoms with Gasteiger partial charge in [-0.2, -0.15) is 5.10 Å². The minimum Gasteiger partial charge on any atom is -0.330 e. The lowest BCUT2D eigenvalue weighted by Gasteiger charge is -2.27. The van der Waals surface area contributed by atoms with E-state index in [-0.39, 0.29) is 23.6 Å². The van der Waals surface area contributed by atoms with Crippen molar-refractivity contribution in [1.82, 2.24) is 24.2 Å². The van der Waals surface area contributed by atoms with E-state index in [9.17, 15) is 9.59 Å². The Kier molecular flexibility index (Phi) is 3.86. The molecule has 0 N–H and O–H groups in total. The van der Waals surface area contributed by atoms with Gasteiger partial charge in [0.15, 0.2) is 0 Å². The molecule has 1 amide bonds. The molecule has 2 aliphatic rings. The summed E-state index contributed by atoms with van der Waals surface area (Å²) >= 11 is 0. The third-order valence-electron chi connectivity index (χ3n) is 6.24. The summed E-state index contributed by atoms with van der Waals surface area (Å²) in [5.41, 5.74) is 2.29. The van der Waals surface area contributed by atoms with Gasteiger partial charge >= 0.3 is 0 Å². The number of aryl methyl sites for hydroxylation is 1. The van der Waals surface area contributed by atoms with Crippen molar-refractivity contribution in [3.05, 3.63) is 57.9 Å². The molecule has 7 heteroatoms. The zero-order valence-electron chi connectivity index (χ0n) is 16.1. The Hall–Kier alpha value is -2.96. The van der Waals surface area contributed by atoms with E-state index in [1.165, 1.54) is 0 Å². The quantitative estimate of drug-likeness (QED) is 0.686. The molecule has 0 saturated carbocycles. The first-order valence-corrected chi connectivity index (χ1v) is 9.92. The highest BCUT2D eigenvalue weighted by Crippen LogP contribution is 2.32. The molecule has 1 fully saturated rings. The molecule has 1 aromatic carbocycles. The van der Waals surface area contributed by atoms with Gasteiger partial charge in [0.2, 0.25) is 0 Å². The Bertz CT molecular complexity index is 1150. The van der Waals surface area contributed by atoms with Crippen molar-refractivity contribution in [3.8, 4) is 0 Å². The van der Waals surface area contributed by atoms with Crippen LogP contribution in [0, 0.1) is 6.92 Å². The minimum atomic E-state index is -0.00414. The topological polar surface area (TPSA) is 73.0 Å². The first-order chi connectivity index (χ1) is 13.6. The molecule has 2 aromatic heterocycles. The lowest BCUT2D eigenvalue weighted by Crippen LogP contribution is -2.42. The fourth-order valence-electron chi connectivity index (χ4n) is 4.77. The molecule has 0 radical (unpaired) electrons. The summed E-state index contributed by atoms with van der Waals surface area (Å²) in [5, 5.41) is 4.98. The normalized spacial score (nSPS) is 21.0. The molecule has 144 valence electrons. The molecule has 2 atom stereocenters. The Morgan fingerprint density at radius 3 is 2.79 bits per heavy atom. The zero-order valence-corrected chi connectivity index (χ0v) is 16.1. The number of carbonyl (C=O) groups excluding carboxylic acids is 1. The zero-order chi connectivity index (χ0) is 19.4. The predicted octanol–water partition coefficient (Wildman–Crippen LogP) is 2.15. The molecule has 0 aliphatic carbocycles. The van der Waals surface area contributed by atoms with Crippen LogP contribution >= 0.6 is 0 Å². The standard InChI is InChI=1S/C21H23N5O2/c1-3-25-13(2)17(11-22-25)21(28)26-14-8-9-15(26)12-24-19(10-14)23-18-7-5-4-6-16(18)20(24)27/h4-7,11,14-15H,3,8-10,12H2,1-2H3. The largest absolute Gasteiger partial charge is 0.330 e. The SMILES string of the molecule is CCn1ncc(C(=O)N2C3CCC2Cn2c(nc4ccccc4c2=O)C3)c1C. The van der Waals surface area contributed by atoms with Gasteiger partial charge < -0.3 is 4.90 Å². The van der Waals surface area contributed by atoms with Crippen LogP contribution in [0.25, 0.3) is 10.9 Å². The van der Waals surface area contributed by atoms with Crippen LogP contribution in [0.5, 0.6) is 0 Å². The number of benzene rings is 1. The van der Waals surface area contributed by atoms with Crippen LogP contribution in [0.2, 0.25) is 0 Å². The molecule has 3 aromatic rings. The van der Waals surface area contributed by atoms with Gasteiger partial charge in [0.25, 0.3) is 11.5 Å². The van der Waals surface area contributed by atoms with E-state index in [0.717, 1.165) is 36.4 Å². The summed E-state index contributed by atoms with van der Waals surface area (Å²) in [4.78, 5) is 33.2. The fourth-order valence-corrected chi connectivity index (χ4v) is 4.77. The monoisotopic (exact) mass is 377 g/mol. The van der Waals surface area contributed by atoms with Crippen LogP contribution in [-0.2, 0) is 19.5 Å². The van der Waals surface area contributed by atoms with E-state index in [1.54, 1.807) is 10.8 Å². The number of amides is 1. The van der Waals surface area contributed by atoms with Gasteiger partial charge in [-0.15, -0.1) is 0 Å². The Balaban J connectivity index is 1.56. The van der Waals surface area contributed by atoms with Crippen LogP contribution in [-0.4, -0.2) is 42.2 Å². The number of nitrogens with zero attached hydrogens (tertiary/aromatic N) is 5. The van der Waals surface area contributed by atoms with Gasteiger partial charge in [0, 0.05) is 31.2 Å². The van der Waals surface area contributed by atoms with Crippen LogP contribution in [0.15, 0.2) is 35.3 Å². The Morgan fingerprint density at radius 2 is 2.00 bits per heavy atom. The average molecular weight is 377 g/mol. The van der Waals surface area contributed by atoms with E-state index < -0.39 is 0 Å². The molecule has 0 spiro atoms. The highest BCUT2D eigenvalue weighted by molar-refractivity contribution is 5.95. The van der Waals surface area contributed by atoms with Gasteiger partial charge in [-0.1, -0.05) is 12.1 Å². The van der Waals surface area contributed by atoms with Crippen LogP contribution in [0.3, 0.4) is 0 Å². The van der Waals surface area contributed by atoms with Gasteiger partial charge in [-0.05, 0) is 38.8 Å². The highest BCUT2D eigenvalue weighted by Gasteiger charge is 2.41. The molecule has 5 rings (SSSR count). The molecular weight excluding hydrogens is 354 g/mol. The number of para-hydroxylation sites is 1. The lowest BCUT2D eigenvalue weighted by molar-refractivity contribution is 0.0665. The molecule has 2 bridgehead atoms. The number of carbonyl (C=O) groups is 1. The second-order valence-electron chi connectivity index (χ2n) is 7.72. The molecule has 2 aliphatic heterocycles. The van der Waals surface area contributed by atoms with Crippen molar-refractivity contribution < 1.29 is 4.79 Å². The van der Waals surface area contributed by atoms with E-state index in [1.807, 2.05) is 47.7 Å². The fraction of sp³-hybridized carbons (Fsp3) is 0.429. The van der Waals surface area contributed by atoms with Gasteiger partial charge in [0.1, 0.15) is 5.82 Å². The average Bonchev–Trinajstić information content (AvgIpc) is 3.21. The van der Waals surface area contributed by atoms with Crippen molar-refractivity contribution in [3.63, 3.8) is 0 Å². The molecule has 28 heavy (non-hydrogen) atoms. The predicted molar refractivity (Wildman–Crippen MR) is 105 cm³/mol. The molecule has 2 unspecified atom stereocenters. The first-order valence-electron chi connectivity index (χ1n) is 9.92. The lowest BCUT2D eigenvalue weighted by atomic mass is 10.1. The van der Waals surface area contributed by atoms with E-state index >= 15 is 0 Å². The third-order valence-corrected chi connectivity index (χ3v) is 6.24. The van der Waals surface area contributed by atoms with Gasteiger partial charge in [0.05, 0.1) is 28.7 Å². The second-order valence-corrected chi connectivity index (χ2v) is 7.72. The Morgan fingerprint density at radius 1 is 1.21 bits per heavy atom. The maximum Gasteiger partial charge on any atom is 0.261 e. The molecule has 4 heterocycles. The van der Waals surface area contributed by atoms with Crippen molar-refractivity contribution >= 4 is 16.8 Å². The van der Waals surface area contributed by atoms with Crippen LogP contribution < -0.4 is 5.56 Å². The third kappa shape index (κ3) is 2.42. The number of rotatable bonds is 2. The summed E-state index contributed by atoms with van der Waals surface area (Å²) in [7, 11) is 0. The van der Waals surface area contributed by atoms with Crippen molar-refractivity contribution in [1.29, 1.82) is 0 Å². The summed E-state index contributed by atoms with van der Waals surface area (Å²) in [6.45, 7) is 5.21. The van der Waals surface area contributed by atoms with Gasteiger partial charge in [-0.3, -0.25) is 18.8 Å². The first kappa shape index (κ1) is 17.2. The molecule has 1 saturated heterocycles. The van der Waals surface area contributed by atoms with Crippen LogP contribution in [0.4, 0.5) is 0 Å². The highest BCUT2D eigenvalue weighted by atomic mass is 16.2. The van der Waals surface area contributed by atoms with Gasteiger partial charge in [-0.25, -0.2) is 4.98 Å². The van der Waals surface area contributed by atoms with Crippen molar-refractivity contribution in [2.24, 2.45) is 0 Å². The number of hydrogen-bond acceptors (Lipinski definition) is 4. The maximum atomic E-state index is 13.4. The summed E-state index contributed by atoms with van der Waals surface area (Å²) < 4.78 is 3.63. The smallest absolute Gasteiger partial charge is 0.261 e. The van der Waals surface area contributed by atoms with E-state index in [2.05, 4.69) is 5.10 Å². The summed E-state index contributed by atoms with van der Waals surface area (Å²) in [6.07, 6.45) is 4.15. The number of fused-ring (bicyclic) bond motifs is 4. The number of aromatic nitrogens is 4. The summed E-state index contributed by atoms with van der Waals surface area (Å²) in [5.74, 6) is 0.810. The maximum absolute atomic E-state index is 13.4. The summed E-state index contributed by atoms with van der Waals surface area (Å²) in [6, 6.07) is 7.57. The van der Waals surface area contributed by atoms with E-state index in [0.29, 0.717) is 23.9 Å². The van der Waals surface area contributed by atoms with Crippen molar-refractivity contribution in [2.45, 2.75) is 58.3 Å². The second kappa shape index (κ2) is 6.29.